The predicted octanol–water partition coefficient (Wildman–Crippen LogP) is 0.231. The fraction of sp³-hybridized carbons (Fsp3) is 0.875. The minimum atomic E-state index is -1.80. The topological polar surface area (TPSA) is 77.8 Å². The maximum atomic E-state index is 10.6. The summed E-state index contributed by atoms with van der Waals surface area (Å²) in [5.41, 5.74) is -2.62. The van der Waals surface area contributed by atoms with Crippen molar-refractivity contribution in [3.63, 3.8) is 0 Å². The summed E-state index contributed by atoms with van der Waals surface area (Å²) in [5.74, 6) is -1.26. The summed E-state index contributed by atoms with van der Waals surface area (Å²) in [6.07, 6.45) is 0.256. The van der Waals surface area contributed by atoms with Crippen LogP contribution in [0.3, 0.4) is 0 Å². The molecule has 0 aliphatic carbocycles. The molecule has 0 aliphatic rings. The van der Waals surface area contributed by atoms with E-state index in [9.17, 15) is 9.90 Å². The van der Waals surface area contributed by atoms with Crippen LogP contribution in [0.5, 0.6) is 0 Å². The van der Waals surface area contributed by atoms with Crippen molar-refractivity contribution in [1.29, 1.82) is 0 Å². The lowest BCUT2D eigenvalue weighted by atomic mass is 9.74. The number of carboxylic acid groups (broad SMARTS) is 1. The van der Waals surface area contributed by atoms with E-state index in [4.69, 9.17) is 10.2 Å². The molecule has 0 saturated carbocycles. The van der Waals surface area contributed by atoms with Gasteiger partial charge in [-0.2, -0.15) is 0 Å². The van der Waals surface area contributed by atoms with Crippen LogP contribution in [0.1, 0.15) is 27.2 Å². The van der Waals surface area contributed by atoms with Gasteiger partial charge in [0.15, 0.2) is 5.60 Å². The molecule has 4 nitrogen and oxygen atoms in total. The molecule has 0 fully saturated rings. The van der Waals surface area contributed by atoms with Gasteiger partial charge >= 0.3 is 5.97 Å². The number of aliphatic hydroxyl groups excluding tert-OH is 1. The number of aliphatic hydroxyl groups is 2. The Bertz CT molecular complexity index is 172. The highest BCUT2D eigenvalue weighted by atomic mass is 16.4. The Balaban J connectivity index is 4.62. The molecule has 0 aliphatic heterocycles. The van der Waals surface area contributed by atoms with Gasteiger partial charge in [-0.15, -0.1) is 0 Å². The van der Waals surface area contributed by atoms with Crippen LogP contribution < -0.4 is 0 Å². The normalized spacial score (nSPS) is 17.1. The number of hydrogen-bond acceptors (Lipinski definition) is 3. The Morgan fingerprint density at radius 1 is 1.33 bits per heavy atom. The van der Waals surface area contributed by atoms with E-state index in [0.29, 0.717) is 0 Å². The molecule has 3 N–H and O–H groups in total. The smallest absolute Gasteiger partial charge is 0.335 e. The van der Waals surface area contributed by atoms with Crippen LogP contribution in [0.2, 0.25) is 0 Å². The maximum absolute atomic E-state index is 10.6. The van der Waals surface area contributed by atoms with Crippen molar-refractivity contribution in [3.05, 3.63) is 0 Å². The maximum Gasteiger partial charge on any atom is 0.335 e. The van der Waals surface area contributed by atoms with Crippen LogP contribution in [-0.4, -0.2) is 33.5 Å². The number of aliphatic carboxylic acids is 1. The van der Waals surface area contributed by atoms with Crippen molar-refractivity contribution < 1.29 is 20.1 Å². The Morgan fingerprint density at radius 2 is 1.75 bits per heavy atom. The van der Waals surface area contributed by atoms with E-state index >= 15 is 0 Å². The Labute approximate surface area is 71.8 Å². The molecule has 0 aromatic heterocycles. The van der Waals surface area contributed by atoms with E-state index in [1.807, 2.05) is 0 Å². The first-order valence-electron chi connectivity index (χ1n) is 3.82. The van der Waals surface area contributed by atoms with Crippen LogP contribution in [0.25, 0.3) is 0 Å². The fourth-order valence-corrected chi connectivity index (χ4v) is 0.812. The molecule has 1 atom stereocenters. The first-order chi connectivity index (χ1) is 5.25. The summed E-state index contributed by atoms with van der Waals surface area (Å²) in [5, 5.41) is 26.9. The van der Waals surface area contributed by atoms with Crippen LogP contribution in [0.4, 0.5) is 0 Å². The van der Waals surface area contributed by atoms with E-state index in [0.717, 1.165) is 0 Å². The zero-order chi connectivity index (χ0) is 9.99. The van der Waals surface area contributed by atoms with Gasteiger partial charge in [0.1, 0.15) is 0 Å². The number of hydrogen-bond donors (Lipinski definition) is 3. The minimum absolute atomic E-state index is 0.129. The molecule has 12 heavy (non-hydrogen) atoms. The van der Waals surface area contributed by atoms with Crippen LogP contribution in [-0.2, 0) is 4.79 Å². The van der Waals surface area contributed by atoms with Gasteiger partial charge in [-0.1, -0.05) is 13.8 Å². The summed E-state index contributed by atoms with van der Waals surface area (Å²) in [4.78, 5) is 10.6. The highest BCUT2D eigenvalue weighted by Crippen LogP contribution is 2.33. The van der Waals surface area contributed by atoms with Gasteiger partial charge in [-0.3, -0.25) is 0 Å². The van der Waals surface area contributed by atoms with Crippen molar-refractivity contribution in [1.82, 2.24) is 0 Å². The van der Waals surface area contributed by atoms with Crippen molar-refractivity contribution in [3.8, 4) is 0 Å². The lowest BCUT2D eigenvalue weighted by Gasteiger charge is -2.35. The quantitative estimate of drug-likeness (QED) is 0.573. The Hall–Kier alpha value is -0.610. The zero-order valence-electron chi connectivity index (χ0n) is 7.66. The molecule has 0 rings (SSSR count). The summed E-state index contributed by atoms with van der Waals surface area (Å²) in [6.45, 7) is 4.33. The second-order valence-corrected chi connectivity index (χ2v) is 3.73. The van der Waals surface area contributed by atoms with Gasteiger partial charge in [-0.05, 0) is 13.3 Å². The van der Waals surface area contributed by atoms with Gasteiger partial charge in [0, 0.05) is 12.0 Å². The second-order valence-electron chi connectivity index (χ2n) is 3.73. The van der Waals surface area contributed by atoms with E-state index < -0.39 is 17.0 Å². The average Bonchev–Trinajstić information content (AvgIpc) is 1.86. The molecular formula is C8H16O4. The summed E-state index contributed by atoms with van der Waals surface area (Å²) >= 11 is 0. The van der Waals surface area contributed by atoms with Crippen LogP contribution in [0.15, 0.2) is 0 Å². The number of carboxylic acids is 1. The van der Waals surface area contributed by atoms with Gasteiger partial charge in [0.2, 0.25) is 0 Å². The van der Waals surface area contributed by atoms with Crippen LogP contribution in [0, 0.1) is 5.41 Å². The van der Waals surface area contributed by atoms with Crippen molar-refractivity contribution in [2.24, 2.45) is 5.41 Å². The van der Waals surface area contributed by atoms with Crippen LogP contribution >= 0.6 is 0 Å². The highest BCUT2D eigenvalue weighted by Gasteiger charge is 2.45. The Morgan fingerprint density at radius 3 is 2.00 bits per heavy atom. The fourth-order valence-electron chi connectivity index (χ4n) is 0.812. The van der Waals surface area contributed by atoms with E-state index in [-0.39, 0.29) is 13.0 Å². The molecule has 0 aromatic rings. The standard InChI is InChI=1S/C8H16O4/c1-7(2,4-5-9)8(3,12)6(10)11/h9,12H,4-5H2,1-3H3,(H,10,11). The second kappa shape index (κ2) is 3.41. The SMILES string of the molecule is CC(C)(CCO)C(C)(O)C(=O)O. The van der Waals surface area contributed by atoms with E-state index in [1.165, 1.54) is 6.92 Å². The molecule has 72 valence electrons. The first-order valence-corrected chi connectivity index (χ1v) is 3.82. The van der Waals surface area contributed by atoms with Crippen molar-refractivity contribution in [2.75, 3.05) is 6.61 Å². The highest BCUT2D eigenvalue weighted by molar-refractivity contribution is 5.77. The molecule has 0 heterocycles. The van der Waals surface area contributed by atoms with Gasteiger partial charge in [-0.25, -0.2) is 4.79 Å². The number of carbonyl (C=O) groups is 1. The predicted molar refractivity (Wildman–Crippen MR) is 43.7 cm³/mol. The number of rotatable bonds is 4. The lowest BCUT2D eigenvalue weighted by Crippen LogP contribution is -2.49. The molecule has 0 bridgehead atoms. The first kappa shape index (κ1) is 11.4. The van der Waals surface area contributed by atoms with Gasteiger partial charge < -0.3 is 15.3 Å². The molecular weight excluding hydrogens is 160 g/mol. The summed E-state index contributed by atoms with van der Waals surface area (Å²) in [6, 6.07) is 0. The molecule has 1 unspecified atom stereocenters. The molecule has 0 radical (unpaired) electrons. The Kier molecular flexibility index (Phi) is 3.24. The average molecular weight is 176 g/mol. The minimum Gasteiger partial charge on any atom is -0.479 e. The third kappa shape index (κ3) is 1.95. The third-order valence-electron chi connectivity index (χ3n) is 2.47. The monoisotopic (exact) mass is 176 g/mol. The molecule has 0 spiro atoms. The zero-order valence-corrected chi connectivity index (χ0v) is 7.66. The molecule has 0 aromatic carbocycles. The third-order valence-corrected chi connectivity index (χ3v) is 2.47. The van der Waals surface area contributed by atoms with E-state index in [2.05, 4.69) is 0 Å². The lowest BCUT2D eigenvalue weighted by molar-refractivity contribution is -0.170. The van der Waals surface area contributed by atoms with E-state index in [1.54, 1.807) is 13.8 Å². The molecule has 4 heteroatoms. The summed E-state index contributed by atoms with van der Waals surface area (Å²) in [7, 11) is 0. The van der Waals surface area contributed by atoms with Crippen molar-refractivity contribution in [2.45, 2.75) is 32.8 Å². The molecule has 0 amide bonds. The molecule has 0 saturated heterocycles. The largest absolute Gasteiger partial charge is 0.479 e. The summed E-state index contributed by atoms with van der Waals surface area (Å²) < 4.78 is 0. The van der Waals surface area contributed by atoms with Gasteiger partial charge in [0.05, 0.1) is 0 Å². The van der Waals surface area contributed by atoms with Gasteiger partial charge in [0.25, 0.3) is 0 Å². The van der Waals surface area contributed by atoms with Crippen molar-refractivity contribution >= 4 is 5.97 Å².